The molecule has 1 heterocycles. The monoisotopic (exact) mass is 346 g/mol. The van der Waals surface area contributed by atoms with Crippen molar-refractivity contribution in [3.63, 3.8) is 0 Å². The fraction of sp³-hybridized carbons (Fsp3) is 0.0667. The molecule has 0 aliphatic carbocycles. The Morgan fingerprint density at radius 3 is 2.71 bits per heavy atom. The molecule has 3 rings (SSSR count). The third-order valence-electron chi connectivity index (χ3n) is 3.04. The Morgan fingerprint density at radius 2 is 1.90 bits per heavy atom. The van der Waals surface area contributed by atoms with Gasteiger partial charge in [-0.15, -0.1) is 0 Å². The summed E-state index contributed by atoms with van der Waals surface area (Å²) in [5.41, 5.74) is 3.23. The molecule has 2 aromatic carbocycles. The first-order valence-electron chi connectivity index (χ1n) is 6.38. The van der Waals surface area contributed by atoms with Crippen molar-refractivity contribution in [3.8, 4) is 11.3 Å². The number of aromatic amines is 1. The molecule has 0 radical (unpaired) electrons. The maximum atomic E-state index is 13.3. The van der Waals surface area contributed by atoms with Crippen molar-refractivity contribution in [1.29, 1.82) is 0 Å². The maximum Gasteiger partial charge on any atom is 0.125 e. The number of aromatic nitrogens is 3. The van der Waals surface area contributed by atoms with Crippen LogP contribution in [0.25, 0.3) is 11.3 Å². The van der Waals surface area contributed by atoms with E-state index in [1.807, 2.05) is 30.3 Å². The van der Waals surface area contributed by atoms with Gasteiger partial charge < -0.3 is 5.32 Å². The van der Waals surface area contributed by atoms with Crippen molar-refractivity contribution in [2.24, 2.45) is 0 Å². The molecule has 6 heteroatoms. The summed E-state index contributed by atoms with van der Waals surface area (Å²) in [6.45, 7) is 0.447. The second kappa shape index (κ2) is 6.05. The van der Waals surface area contributed by atoms with Crippen molar-refractivity contribution < 1.29 is 4.39 Å². The number of rotatable bonds is 4. The first-order chi connectivity index (χ1) is 10.2. The quantitative estimate of drug-likeness (QED) is 0.751. The summed E-state index contributed by atoms with van der Waals surface area (Å²) in [4.78, 5) is 0. The van der Waals surface area contributed by atoms with Gasteiger partial charge in [-0.2, -0.15) is 15.4 Å². The van der Waals surface area contributed by atoms with Crippen molar-refractivity contribution in [1.82, 2.24) is 15.4 Å². The number of benzene rings is 2. The molecule has 21 heavy (non-hydrogen) atoms. The second-order valence-electron chi connectivity index (χ2n) is 4.46. The highest BCUT2D eigenvalue weighted by molar-refractivity contribution is 9.10. The predicted molar refractivity (Wildman–Crippen MR) is 83.2 cm³/mol. The molecule has 3 aromatic rings. The Hall–Kier alpha value is -2.21. The zero-order valence-corrected chi connectivity index (χ0v) is 12.6. The summed E-state index contributed by atoms with van der Waals surface area (Å²) in [6, 6.07) is 14.3. The van der Waals surface area contributed by atoms with Crippen molar-refractivity contribution in [2.45, 2.75) is 6.54 Å². The first-order valence-corrected chi connectivity index (χ1v) is 7.17. The topological polar surface area (TPSA) is 53.6 Å². The van der Waals surface area contributed by atoms with Crippen molar-refractivity contribution >= 4 is 21.6 Å². The van der Waals surface area contributed by atoms with E-state index >= 15 is 0 Å². The SMILES string of the molecule is Fc1ccc(Br)c(NCc2n[nH]nc2-c2ccccc2)c1. The third kappa shape index (κ3) is 3.11. The Labute approximate surface area is 129 Å². The number of nitrogens with one attached hydrogen (secondary N) is 2. The lowest BCUT2D eigenvalue weighted by Crippen LogP contribution is -2.02. The van der Waals surface area contributed by atoms with Gasteiger partial charge in [0, 0.05) is 10.0 Å². The second-order valence-corrected chi connectivity index (χ2v) is 5.32. The van der Waals surface area contributed by atoms with E-state index in [1.165, 1.54) is 12.1 Å². The highest BCUT2D eigenvalue weighted by Crippen LogP contribution is 2.25. The van der Waals surface area contributed by atoms with Gasteiger partial charge in [-0.05, 0) is 34.1 Å². The van der Waals surface area contributed by atoms with Crippen LogP contribution < -0.4 is 5.32 Å². The molecule has 0 spiro atoms. The Balaban J connectivity index is 1.81. The Kier molecular flexibility index (Phi) is 3.96. The standard InChI is InChI=1S/C15H12BrFN4/c16-12-7-6-11(17)8-13(12)18-9-14-15(20-21-19-14)10-4-2-1-3-5-10/h1-8,18H,9H2,(H,19,20,21). The van der Waals surface area contributed by atoms with Gasteiger partial charge in [0.05, 0.1) is 12.2 Å². The van der Waals surface area contributed by atoms with Gasteiger partial charge in [0.1, 0.15) is 17.2 Å². The summed E-state index contributed by atoms with van der Waals surface area (Å²) < 4.78 is 14.1. The Bertz CT molecular complexity index is 742. The number of halogens is 2. The molecule has 0 saturated carbocycles. The summed E-state index contributed by atoms with van der Waals surface area (Å²) in [7, 11) is 0. The van der Waals surface area contributed by atoms with Crippen LogP contribution in [0.5, 0.6) is 0 Å². The molecule has 0 atom stereocenters. The molecule has 0 aliphatic rings. The van der Waals surface area contributed by atoms with E-state index in [4.69, 9.17) is 0 Å². The van der Waals surface area contributed by atoms with Crippen LogP contribution in [0.15, 0.2) is 53.0 Å². The van der Waals surface area contributed by atoms with Crippen molar-refractivity contribution in [2.75, 3.05) is 5.32 Å². The molecule has 2 N–H and O–H groups in total. The third-order valence-corrected chi connectivity index (χ3v) is 3.73. The van der Waals surface area contributed by atoms with Crippen LogP contribution in [0.1, 0.15) is 5.69 Å². The normalized spacial score (nSPS) is 10.6. The van der Waals surface area contributed by atoms with Gasteiger partial charge in [-0.25, -0.2) is 4.39 Å². The number of H-pyrrole nitrogens is 1. The van der Waals surface area contributed by atoms with Crippen LogP contribution in [-0.2, 0) is 6.54 Å². The first kappa shape index (κ1) is 13.8. The molecule has 106 valence electrons. The van der Waals surface area contributed by atoms with Crippen LogP contribution in [0.3, 0.4) is 0 Å². The van der Waals surface area contributed by atoms with Gasteiger partial charge in [-0.3, -0.25) is 0 Å². The fourth-order valence-corrected chi connectivity index (χ4v) is 2.40. The molecule has 0 amide bonds. The largest absolute Gasteiger partial charge is 0.378 e. The molecule has 1 aromatic heterocycles. The van der Waals surface area contributed by atoms with E-state index < -0.39 is 0 Å². The molecule has 4 nitrogen and oxygen atoms in total. The van der Waals surface area contributed by atoms with Crippen molar-refractivity contribution in [3.05, 3.63) is 64.5 Å². The van der Waals surface area contributed by atoms with Gasteiger partial charge in [0.15, 0.2) is 0 Å². The van der Waals surface area contributed by atoms with E-state index in [-0.39, 0.29) is 5.82 Å². The van der Waals surface area contributed by atoms with Gasteiger partial charge in [0.2, 0.25) is 0 Å². The van der Waals surface area contributed by atoms with Crippen LogP contribution in [0, 0.1) is 5.82 Å². The van der Waals surface area contributed by atoms with Gasteiger partial charge in [0.25, 0.3) is 0 Å². The lowest BCUT2D eigenvalue weighted by atomic mass is 10.1. The smallest absolute Gasteiger partial charge is 0.125 e. The maximum absolute atomic E-state index is 13.3. The van der Waals surface area contributed by atoms with E-state index in [0.29, 0.717) is 12.2 Å². The summed E-state index contributed by atoms with van der Waals surface area (Å²) in [5, 5.41) is 14.1. The van der Waals surface area contributed by atoms with E-state index in [0.717, 1.165) is 21.4 Å². The number of nitrogens with zero attached hydrogens (tertiary/aromatic N) is 2. The zero-order valence-electron chi connectivity index (χ0n) is 11.0. The highest BCUT2D eigenvalue weighted by atomic mass is 79.9. The minimum absolute atomic E-state index is 0.288. The summed E-state index contributed by atoms with van der Waals surface area (Å²) in [5.74, 6) is -0.288. The molecular formula is C15H12BrFN4. The molecule has 0 saturated heterocycles. The molecule has 0 aliphatic heterocycles. The molecule has 0 bridgehead atoms. The van der Waals surface area contributed by atoms with Gasteiger partial charge >= 0.3 is 0 Å². The number of hydrogen-bond donors (Lipinski definition) is 2. The average molecular weight is 347 g/mol. The number of hydrogen-bond acceptors (Lipinski definition) is 3. The van der Waals surface area contributed by atoms with Crippen LogP contribution in [-0.4, -0.2) is 15.4 Å². The van der Waals surface area contributed by atoms with Crippen LogP contribution in [0.4, 0.5) is 10.1 Å². The van der Waals surface area contributed by atoms with Crippen LogP contribution >= 0.6 is 15.9 Å². The molecular weight excluding hydrogens is 335 g/mol. The summed E-state index contributed by atoms with van der Waals surface area (Å²) in [6.07, 6.45) is 0. The van der Waals surface area contributed by atoms with E-state index in [2.05, 4.69) is 36.7 Å². The summed E-state index contributed by atoms with van der Waals surface area (Å²) >= 11 is 3.39. The fourth-order valence-electron chi connectivity index (χ4n) is 2.02. The number of anilines is 1. The van der Waals surface area contributed by atoms with Crippen LogP contribution in [0.2, 0.25) is 0 Å². The van der Waals surface area contributed by atoms with E-state index in [1.54, 1.807) is 6.07 Å². The minimum Gasteiger partial charge on any atom is -0.378 e. The minimum atomic E-state index is -0.288. The highest BCUT2D eigenvalue weighted by Gasteiger charge is 2.10. The predicted octanol–water partition coefficient (Wildman–Crippen LogP) is 3.99. The van der Waals surface area contributed by atoms with E-state index in [9.17, 15) is 4.39 Å². The Morgan fingerprint density at radius 1 is 1.10 bits per heavy atom. The lowest BCUT2D eigenvalue weighted by molar-refractivity contribution is 0.628. The zero-order chi connectivity index (χ0) is 14.7. The average Bonchev–Trinajstić information content (AvgIpc) is 2.97. The van der Waals surface area contributed by atoms with Gasteiger partial charge in [-0.1, -0.05) is 30.3 Å². The lowest BCUT2D eigenvalue weighted by Gasteiger charge is -2.08. The molecule has 0 fully saturated rings. The molecule has 0 unspecified atom stereocenters.